The summed E-state index contributed by atoms with van der Waals surface area (Å²) < 4.78 is 4.82. The zero-order chi connectivity index (χ0) is 21.5. The van der Waals surface area contributed by atoms with Crippen molar-refractivity contribution in [2.45, 2.75) is 5.78 Å². The fourth-order valence-electron chi connectivity index (χ4n) is 3.53. The van der Waals surface area contributed by atoms with Crippen LogP contribution in [0.5, 0.6) is 0 Å². The van der Waals surface area contributed by atoms with Crippen LogP contribution in [0.25, 0.3) is 0 Å². The van der Waals surface area contributed by atoms with Gasteiger partial charge in [-0.3, -0.25) is 0 Å². The molecule has 0 bridgehead atoms. The first-order valence-electron chi connectivity index (χ1n) is 10.2. The van der Waals surface area contributed by atoms with Crippen molar-refractivity contribution in [3.05, 3.63) is 126 Å². The largest absolute Gasteiger partial charge is 0.465 e. The summed E-state index contributed by atoms with van der Waals surface area (Å²) in [6.07, 6.45) is 0. The number of methoxy groups -OCH3 is 1. The fourth-order valence-corrected chi connectivity index (χ4v) is 6.16. The molecule has 0 radical (unpaired) electrons. The first kappa shape index (κ1) is 20.8. The summed E-state index contributed by atoms with van der Waals surface area (Å²) in [6, 6.07) is 39.3. The Labute approximate surface area is 184 Å². The molecule has 0 fully saturated rings. The normalized spacial score (nSPS) is 11.7. The third-order valence-corrected chi connectivity index (χ3v) is 7.70. The predicted molar refractivity (Wildman–Crippen MR) is 130 cm³/mol. The quantitative estimate of drug-likeness (QED) is 0.304. The van der Waals surface area contributed by atoms with Crippen LogP contribution < -0.4 is 15.9 Å². The highest BCUT2D eigenvalue weighted by Gasteiger charge is 2.26. The van der Waals surface area contributed by atoms with Gasteiger partial charge in [0.2, 0.25) is 0 Å². The Hall–Kier alpha value is -3.42. The molecular formula is C27H24NO2P. The van der Waals surface area contributed by atoms with E-state index in [0.717, 1.165) is 5.69 Å². The van der Waals surface area contributed by atoms with E-state index in [1.54, 1.807) is 12.1 Å². The van der Waals surface area contributed by atoms with Crippen molar-refractivity contribution in [2.75, 3.05) is 12.4 Å². The van der Waals surface area contributed by atoms with Gasteiger partial charge in [-0.2, -0.15) is 0 Å². The molecule has 0 amide bonds. The molecule has 0 aliphatic rings. The lowest BCUT2D eigenvalue weighted by molar-refractivity contribution is 0.0601. The van der Waals surface area contributed by atoms with Gasteiger partial charge >= 0.3 is 5.97 Å². The lowest BCUT2D eigenvalue weighted by Gasteiger charge is -2.31. The van der Waals surface area contributed by atoms with Crippen LogP contribution in [0.15, 0.2) is 115 Å². The smallest absolute Gasteiger partial charge is 0.337 e. The van der Waals surface area contributed by atoms with Gasteiger partial charge in [-0.15, -0.1) is 0 Å². The van der Waals surface area contributed by atoms with Crippen LogP contribution in [0, 0.1) is 0 Å². The average molecular weight is 425 g/mol. The first-order valence-corrected chi connectivity index (χ1v) is 11.6. The van der Waals surface area contributed by atoms with E-state index in [1.165, 1.54) is 23.3 Å². The maximum absolute atomic E-state index is 11.8. The Morgan fingerprint density at radius 3 is 1.68 bits per heavy atom. The highest BCUT2D eigenvalue weighted by atomic mass is 31.1. The number of esters is 1. The maximum Gasteiger partial charge on any atom is 0.337 e. The minimum Gasteiger partial charge on any atom is -0.465 e. The van der Waals surface area contributed by atoms with E-state index < -0.39 is 7.92 Å². The van der Waals surface area contributed by atoms with Crippen LogP contribution in [0.1, 0.15) is 21.7 Å². The zero-order valence-corrected chi connectivity index (χ0v) is 18.2. The molecule has 1 N–H and O–H groups in total. The molecule has 0 aliphatic heterocycles. The number of nitrogens with one attached hydrogen (secondary N) is 1. The van der Waals surface area contributed by atoms with Crippen LogP contribution in [0.2, 0.25) is 0 Å². The van der Waals surface area contributed by atoms with E-state index >= 15 is 0 Å². The van der Waals surface area contributed by atoms with Gasteiger partial charge in [0.1, 0.15) is 0 Å². The molecule has 4 aromatic rings. The summed E-state index contributed by atoms with van der Waals surface area (Å²) in [6.45, 7) is 0. The molecule has 1 atom stereocenters. The van der Waals surface area contributed by atoms with Crippen molar-refractivity contribution in [3.8, 4) is 0 Å². The summed E-state index contributed by atoms with van der Waals surface area (Å²) in [5.74, 6) is -0.271. The molecule has 0 saturated heterocycles. The third kappa shape index (κ3) is 5.02. The Balaban J connectivity index is 1.77. The topological polar surface area (TPSA) is 38.3 Å². The molecule has 0 spiro atoms. The van der Waals surface area contributed by atoms with E-state index in [-0.39, 0.29) is 11.8 Å². The Bertz CT molecular complexity index is 1060. The zero-order valence-electron chi connectivity index (χ0n) is 17.3. The molecule has 4 rings (SSSR count). The van der Waals surface area contributed by atoms with Gasteiger partial charge in [-0.1, -0.05) is 91.0 Å². The number of ether oxygens (including phenoxy) is 1. The monoisotopic (exact) mass is 425 g/mol. The second-order valence-electron chi connectivity index (χ2n) is 7.07. The van der Waals surface area contributed by atoms with Gasteiger partial charge in [0.25, 0.3) is 0 Å². The molecule has 154 valence electrons. The number of carbonyl (C=O) groups excluding carboxylic acids is 1. The van der Waals surface area contributed by atoms with Gasteiger partial charge < -0.3 is 10.1 Å². The lowest BCUT2D eigenvalue weighted by Crippen LogP contribution is -2.22. The first-order chi connectivity index (χ1) is 15.3. The summed E-state index contributed by atoms with van der Waals surface area (Å²) in [4.78, 5) is 11.8. The van der Waals surface area contributed by atoms with Crippen LogP contribution in [0.4, 0.5) is 5.69 Å². The fraction of sp³-hybridized carbons (Fsp3) is 0.0741. The standard InChI is InChI=1S/C27H24NO2P/c1-30-27(29)22-17-19-23(20-18-22)28-26(21-11-5-2-6-12-21)31(24-13-7-3-8-14-24)25-15-9-4-10-16-25/h2-20,26,28H,1H3. The summed E-state index contributed by atoms with van der Waals surface area (Å²) >= 11 is 0. The lowest BCUT2D eigenvalue weighted by atomic mass is 10.2. The van der Waals surface area contributed by atoms with Crippen LogP contribution in [-0.2, 0) is 4.74 Å². The van der Waals surface area contributed by atoms with Crippen molar-refractivity contribution >= 4 is 30.2 Å². The number of hydrogen-bond donors (Lipinski definition) is 1. The number of benzene rings is 4. The second-order valence-corrected chi connectivity index (χ2v) is 9.36. The third-order valence-electron chi connectivity index (χ3n) is 5.05. The molecule has 0 saturated carbocycles. The molecule has 4 heteroatoms. The number of carbonyl (C=O) groups is 1. The highest BCUT2D eigenvalue weighted by Crippen LogP contribution is 2.49. The molecular weight excluding hydrogens is 401 g/mol. The average Bonchev–Trinajstić information content (AvgIpc) is 2.85. The molecule has 1 unspecified atom stereocenters. The number of hydrogen-bond acceptors (Lipinski definition) is 3. The van der Waals surface area contributed by atoms with Gasteiger partial charge in [-0.25, -0.2) is 4.79 Å². The molecule has 31 heavy (non-hydrogen) atoms. The molecule has 0 aromatic heterocycles. The minimum atomic E-state index is -0.740. The van der Waals surface area contributed by atoms with Gasteiger partial charge in [0.15, 0.2) is 0 Å². The van der Waals surface area contributed by atoms with Gasteiger partial charge in [-0.05, 0) is 48.4 Å². The molecule has 4 aromatic carbocycles. The predicted octanol–water partition coefficient (Wildman–Crippen LogP) is 5.72. The van der Waals surface area contributed by atoms with E-state index in [2.05, 4.69) is 90.2 Å². The van der Waals surface area contributed by atoms with Crippen LogP contribution >= 0.6 is 7.92 Å². The van der Waals surface area contributed by atoms with Gasteiger partial charge in [0, 0.05) is 5.69 Å². The van der Waals surface area contributed by atoms with Crippen molar-refractivity contribution in [1.29, 1.82) is 0 Å². The summed E-state index contributed by atoms with van der Waals surface area (Å²) in [5.41, 5.74) is 2.72. The van der Waals surface area contributed by atoms with Crippen LogP contribution in [-0.4, -0.2) is 13.1 Å². The Kier molecular flexibility index (Phi) is 6.76. The van der Waals surface area contributed by atoms with Crippen molar-refractivity contribution in [1.82, 2.24) is 0 Å². The number of anilines is 1. The summed E-state index contributed by atoms with van der Waals surface area (Å²) in [5, 5.41) is 6.36. The number of rotatable bonds is 7. The SMILES string of the molecule is COC(=O)c1ccc(NC(c2ccccc2)P(c2ccccc2)c2ccccc2)cc1. The van der Waals surface area contributed by atoms with E-state index in [9.17, 15) is 4.79 Å². The second kappa shape index (κ2) is 10.1. The molecule has 0 heterocycles. The van der Waals surface area contributed by atoms with Crippen molar-refractivity contribution in [2.24, 2.45) is 0 Å². The molecule has 0 aliphatic carbocycles. The highest BCUT2D eigenvalue weighted by molar-refractivity contribution is 7.73. The van der Waals surface area contributed by atoms with Crippen molar-refractivity contribution in [3.63, 3.8) is 0 Å². The van der Waals surface area contributed by atoms with Crippen LogP contribution in [0.3, 0.4) is 0 Å². The molecule has 3 nitrogen and oxygen atoms in total. The summed E-state index contributed by atoms with van der Waals surface area (Å²) in [7, 11) is 0.655. The van der Waals surface area contributed by atoms with E-state index in [1.807, 2.05) is 18.2 Å². The minimum absolute atomic E-state index is 0.0602. The van der Waals surface area contributed by atoms with E-state index in [4.69, 9.17) is 4.74 Å². The van der Waals surface area contributed by atoms with E-state index in [0.29, 0.717) is 5.56 Å². The maximum atomic E-state index is 11.8. The Morgan fingerprint density at radius 2 is 1.19 bits per heavy atom. The Morgan fingerprint density at radius 1 is 0.710 bits per heavy atom. The van der Waals surface area contributed by atoms with Crippen molar-refractivity contribution < 1.29 is 9.53 Å². The van der Waals surface area contributed by atoms with Gasteiger partial charge in [0.05, 0.1) is 18.5 Å².